The molecule has 2 heterocycles. The van der Waals surface area contributed by atoms with Crippen molar-refractivity contribution in [2.24, 2.45) is 0 Å². The summed E-state index contributed by atoms with van der Waals surface area (Å²) in [6, 6.07) is 3.66. The van der Waals surface area contributed by atoms with Crippen LogP contribution in [0.3, 0.4) is 0 Å². The second kappa shape index (κ2) is 4.77. The Morgan fingerprint density at radius 2 is 2.15 bits per heavy atom. The molecule has 0 unspecified atom stereocenters. The topological polar surface area (TPSA) is 64.8 Å². The molecule has 3 aromatic rings. The number of nitrogens with zero attached hydrogens (tertiary/aromatic N) is 2. The third-order valence-corrected chi connectivity index (χ3v) is 4.17. The summed E-state index contributed by atoms with van der Waals surface area (Å²) in [5.74, 6) is 0.406. The molecule has 0 N–H and O–H groups in total. The van der Waals surface area contributed by atoms with E-state index in [-0.39, 0.29) is 5.91 Å². The Morgan fingerprint density at radius 1 is 1.35 bits per heavy atom. The molecule has 104 valence electrons. The van der Waals surface area contributed by atoms with Crippen molar-refractivity contribution in [1.82, 2.24) is 10.2 Å². The number of rotatable bonds is 3. The second-order valence-electron chi connectivity index (χ2n) is 4.16. The van der Waals surface area contributed by atoms with Crippen LogP contribution in [0, 0.1) is 0 Å². The van der Waals surface area contributed by atoms with Crippen LogP contribution in [-0.4, -0.2) is 37.4 Å². The van der Waals surface area contributed by atoms with Crippen molar-refractivity contribution in [2.75, 3.05) is 21.3 Å². The standard InChI is InChI=1S/C13H12N2O4S/c1-15(18-3)13(16)11-4-7-8-6-14-19-12(8)9(17-2)5-10(7)20-11/h4-6H,1-3H3. The smallest absolute Gasteiger partial charge is 0.287 e. The van der Waals surface area contributed by atoms with Gasteiger partial charge in [-0.1, -0.05) is 5.16 Å². The number of hydrogen-bond acceptors (Lipinski definition) is 6. The molecule has 0 aliphatic heterocycles. The zero-order valence-electron chi connectivity index (χ0n) is 11.2. The molecule has 0 aliphatic carbocycles. The van der Waals surface area contributed by atoms with Crippen LogP contribution < -0.4 is 4.74 Å². The largest absolute Gasteiger partial charge is 0.493 e. The molecule has 0 saturated heterocycles. The number of thiophene rings is 1. The van der Waals surface area contributed by atoms with Crippen LogP contribution in [0.4, 0.5) is 0 Å². The first kappa shape index (κ1) is 12.9. The summed E-state index contributed by atoms with van der Waals surface area (Å²) in [6.45, 7) is 0. The van der Waals surface area contributed by atoms with Crippen LogP contribution >= 0.6 is 11.3 Å². The Hall–Kier alpha value is -2.12. The first-order valence-corrected chi connectivity index (χ1v) is 6.64. The molecule has 0 aliphatic rings. The van der Waals surface area contributed by atoms with Crippen LogP contribution in [0.25, 0.3) is 21.1 Å². The lowest BCUT2D eigenvalue weighted by Gasteiger charge is -2.11. The molecule has 1 aromatic carbocycles. The van der Waals surface area contributed by atoms with Gasteiger partial charge in [-0.3, -0.25) is 9.63 Å². The van der Waals surface area contributed by atoms with Gasteiger partial charge in [-0.25, -0.2) is 5.06 Å². The van der Waals surface area contributed by atoms with Gasteiger partial charge in [-0.05, 0) is 6.07 Å². The summed E-state index contributed by atoms with van der Waals surface area (Å²) in [7, 11) is 4.59. The molecule has 3 rings (SSSR count). The molecule has 0 bridgehead atoms. The summed E-state index contributed by atoms with van der Waals surface area (Å²) in [4.78, 5) is 17.6. The van der Waals surface area contributed by atoms with Crippen LogP contribution in [0.5, 0.6) is 5.75 Å². The van der Waals surface area contributed by atoms with Crippen molar-refractivity contribution in [3.05, 3.63) is 23.2 Å². The average Bonchev–Trinajstić information content (AvgIpc) is 3.09. The van der Waals surface area contributed by atoms with E-state index in [2.05, 4.69) is 5.16 Å². The molecule has 0 spiro atoms. The quantitative estimate of drug-likeness (QED) is 0.694. The summed E-state index contributed by atoms with van der Waals surface area (Å²) in [5.41, 5.74) is 0.580. The molecule has 0 radical (unpaired) electrons. The zero-order chi connectivity index (χ0) is 14.3. The fourth-order valence-electron chi connectivity index (χ4n) is 2.01. The fourth-order valence-corrected chi connectivity index (χ4v) is 3.09. The number of hydrogen-bond donors (Lipinski definition) is 0. The molecule has 2 aromatic heterocycles. The van der Waals surface area contributed by atoms with Gasteiger partial charge in [0, 0.05) is 23.2 Å². The number of fused-ring (bicyclic) bond motifs is 3. The summed E-state index contributed by atoms with van der Waals surface area (Å²) in [5, 5.41) is 6.73. The van der Waals surface area contributed by atoms with Crippen molar-refractivity contribution < 1.29 is 18.9 Å². The Balaban J connectivity index is 2.23. The van der Waals surface area contributed by atoms with Gasteiger partial charge >= 0.3 is 0 Å². The molecule has 0 fully saturated rings. The van der Waals surface area contributed by atoms with E-state index in [9.17, 15) is 4.79 Å². The van der Waals surface area contributed by atoms with Gasteiger partial charge in [0.15, 0.2) is 5.75 Å². The molecule has 6 nitrogen and oxygen atoms in total. The van der Waals surface area contributed by atoms with E-state index in [1.807, 2.05) is 12.1 Å². The van der Waals surface area contributed by atoms with E-state index in [1.54, 1.807) is 20.4 Å². The van der Waals surface area contributed by atoms with Gasteiger partial charge in [0.1, 0.15) is 0 Å². The number of carbonyl (C=O) groups is 1. The van der Waals surface area contributed by atoms with Crippen LogP contribution in [0.1, 0.15) is 9.67 Å². The van der Waals surface area contributed by atoms with Crippen LogP contribution in [0.15, 0.2) is 22.9 Å². The van der Waals surface area contributed by atoms with E-state index >= 15 is 0 Å². The maximum Gasteiger partial charge on any atom is 0.287 e. The van der Waals surface area contributed by atoms with E-state index in [4.69, 9.17) is 14.1 Å². The van der Waals surface area contributed by atoms with Crippen molar-refractivity contribution in [3.63, 3.8) is 0 Å². The number of hydroxylamine groups is 2. The zero-order valence-corrected chi connectivity index (χ0v) is 12.0. The number of benzene rings is 1. The minimum Gasteiger partial charge on any atom is -0.493 e. The number of ether oxygens (including phenoxy) is 1. The van der Waals surface area contributed by atoms with Gasteiger partial charge < -0.3 is 9.26 Å². The Kier molecular flexibility index (Phi) is 3.07. The number of carbonyl (C=O) groups excluding carboxylic acids is 1. The second-order valence-corrected chi connectivity index (χ2v) is 5.24. The molecular formula is C13H12N2O4S. The molecule has 0 saturated carbocycles. The highest BCUT2D eigenvalue weighted by atomic mass is 32.1. The molecule has 0 atom stereocenters. The van der Waals surface area contributed by atoms with Crippen molar-refractivity contribution in [1.29, 1.82) is 0 Å². The first-order chi connectivity index (χ1) is 9.65. The Bertz CT molecular complexity index is 792. The Morgan fingerprint density at radius 3 is 2.85 bits per heavy atom. The highest BCUT2D eigenvalue weighted by Crippen LogP contribution is 2.37. The van der Waals surface area contributed by atoms with E-state index in [0.29, 0.717) is 16.2 Å². The van der Waals surface area contributed by atoms with Gasteiger partial charge in [0.25, 0.3) is 5.91 Å². The van der Waals surface area contributed by atoms with E-state index < -0.39 is 0 Å². The summed E-state index contributed by atoms with van der Waals surface area (Å²) < 4.78 is 11.4. The van der Waals surface area contributed by atoms with E-state index in [0.717, 1.165) is 15.5 Å². The van der Waals surface area contributed by atoms with Crippen molar-refractivity contribution in [3.8, 4) is 5.75 Å². The fraction of sp³-hybridized carbons (Fsp3) is 0.231. The number of amides is 1. The van der Waals surface area contributed by atoms with Crippen LogP contribution in [0.2, 0.25) is 0 Å². The predicted octanol–water partition coefficient (Wildman–Crippen LogP) is 2.68. The first-order valence-electron chi connectivity index (χ1n) is 5.82. The number of aromatic nitrogens is 1. The third kappa shape index (κ3) is 1.83. The normalized spacial score (nSPS) is 11.2. The van der Waals surface area contributed by atoms with Crippen molar-refractivity contribution in [2.45, 2.75) is 0 Å². The minimum absolute atomic E-state index is 0.197. The SMILES string of the molecule is COc1cc2sc(C(=O)N(C)OC)cc2c2cnoc12. The number of methoxy groups -OCH3 is 1. The van der Waals surface area contributed by atoms with E-state index in [1.165, 1.54) is 23.5 Å². The maximum atomic E-state index is 12.1. The molecule has 1 amide bonds. The lowest BCUT2D eigenvalue weighted by Crippen LogP contribution is -2.24. The van der Waals surface area contributed by atoms with Gasteiger partial charge in [0.05, 0.1) is 30.7 Å². The lowest BCUT2D eigenvalue weighted by atomic mass is 10.1. The van der Waals surface area contributed by atoms with Crippen LogP contribution in [-0.2, 0) is 4.84 Å². The summed E-state index contributed by atoms with van der Waals surface area (Å²) in [6.07, 6.45) is 1.63. The average molecular weight is 292 g/mol. The third-order valence-electron chi connectivity index (χ3n) is 3.10. The van der Waals surface area contributed by atoms with Gasteiger partial charge in [-0.2, -0.15) is 0 Å². The predicted molar refractivity (Wildman–Crippen MR) is 75.0 cm³/mol. The molecular weight excluding hydrogens is 280 g/mol. The molecule has 20 heavy (non-hydrogen) atoms. The molecule has 7 heteroatoms. The summed E-state index contributed by atoms with van der Waals surface area (Å²) >= 11 is 1.38. The minimum atomic E-state index is -0.197. The lowest BCUT2D eigenvalue weighted by molar-refractivity contribution is -0.0753. The van der Waals surface area contributed by atoms with Crippen molar-refractivity contribution >= 4 is 38.3 Å². The Labute approximate surface area is 118 Å². The van der Waals surface area contributed by atoms with Gasteiger partial charge in [-0.15, -0.1) is 11.3 Å². The van der Waals surface area contributed by atoms with Gasteiger partial charge in [0.2, 0.25) is 5.58 Å². The highest BCUT2D eigenvalue weighted by molar-refractivity contribution is 7.21. The highest BCUT2D eigenvalue weighted by Gasteiger charge is 2.19. The maximum absolute atomic E-state index is 12.1. The monoisotopic (exact) mass is 292 g/mol.